The number of fused-ring (bicyclic) bond motifs is 1. The Morgan fingerprint density at radius 1 is 0.947 bits per heavy atom. The fourth-order valence-corrected chi connectivity index (χ4v) is 6.69. The number of carboxylic acids is 1. The van der Waals surface area contributed by atoms with Gasteiger partial charge in [-0.05, 0) is 98.2 Å². The van der Waals surface area contributed by atoms with Gasteiger partial charge in [0.2, 0.25) is 0 Å². The highest BCUT2D eigenvalue weighted by molar-refractivity contribution is 9.10. The first-order valence-corrected chi connectivity index (χ1v) is 15.0. The lowest BCUT2D eigenvalue weighted by molar-refractivity contribution is -0.145. The molecule has 0 aliphatic heterocycles. The zero-order chi connectivity index (χ0) is 27.8. The van der Waals surface area contributed by atoms with E-state index in [2.05, 4.69) is 66.2 Å². The molecule has 0 heterocycles. The van der Waals surface area contributed by atoms with E-state index in [0.29, 0.717) is 12.2 Å². The van der Waals surface area contributed by atoms with E-state index in [1.165, 1.54) is 26.8 Å². The van der Waals surface area contributed by atoms with Crippen LogP contribution in [-0.2, 0) is 17.6 Å². The maximum absolute atomic E-state index is 12.0. The van der Waals surface area contributed by atoms with Crippen LogP contribution < -0.4 is 4.74 Å². The SMILES string of the molecule is CC.CCSc1c(CC)c(-c2cc(C)c(O[C@H](Cc3ccccc3)C(=O)O)c(C)c2)c2ccccc2c1Br. The van der Waals surface area contributed by atoms with E-state index in [1.54, 1.807) is 0 Å². The van der Waals surface area contributed by atoms with Gasteiger partial charge in [0, 0.05) is 15.8 Å². The first-order valence-electron chi connectivity index (χ1n) is 13.3. The normalized spacial score (nSPS) is 11.6. The van der Waals surface area contributed by atoms with Gasteiger partial charge in [-0.2, -0.15) is 0 Å². The van der Waals surface area contributed by atoms with Crippen LogP contribution in [0.5, 0.6) is 5.75 Å². The predicted octanol–water partition coefficient (Wildman–Crippen LogP) is 9.66. The average molecular weight is 594 g/mol. The van der Waals surface area contributed by atoms with Crippen LogP contribution in [0.2, 0.25) is 0 Å². The van der Waals surface area contributed by atoms with E-state index in [-0.39, 0.29) is 0 Å². The number of hydrogen-bond acceptors (Lipinski definition) is 3. The summed E-state index contributed by atoms with van der Waals surface area (Å²) < 4.78 is 7.30. The summed E-state index contributed by atoms with van der Waals surface area (Å²) in [6.07, 6.45) is 0.268. The van der Waals surface area contributed by atoms with Crippen LogP contribution in [0.15, 0.2) is 76.1 Å². The van der Waals surface area contributed by atoms with Crippen molar-refractivity contribution in [3.8, 4) is 16.9 Å². The molecule has 1 atom stereocenters. The van der Waals surface area contributed by atoms with Gasteiger partial charge >= 0.3 is 5.97 Å². The monoisotopic (exact) mass is 592 g/mol. The van der Waals surface area contributed by atoms with Gasteiger partial charge < -0.3 is 9.84 Å². The summed E-state index contributed by atoms with van der Waals surface area (Å²) in [6.45, 7) is 12.4. The Bertz CT molecular complexity index is 1380. The summed E-state index contributed by atoms with van der Waals surface area (Å²) in [6, 6.07) is 22.4. The van der Waals surface area contributed by atoms with Gasteiger partial charge in [0.1, 0.15) is 5.75 Å². The number of benzene rings is 4. The second-order valence-electron chi connectivity index (χ2n) is 8.90. The lowest BCUT2D eigenvalue weighted by Crippen LogP contribution is -2.30. The molecule has 0 amide bonds. The Hall–Kier alpha value is -2.76. The molecule has 4 rings (SSSR count). The molecular formula is C33H37BrO3S. The summed E-state index contributed by atoms with van der Waals surface area (Å²) in [7, 11) is 0. The second kappa shape index (κ2) is 13.9. The first kappa shape index (κ1) is 29.8. The Kier molecular flexibility index (Phi) is 10.9. The highest BCUT2D eigenvalue weighted by Gasteiger charge is 2.24. The molecule has 4 aromatic carbocycles. The van der Waals surface area contributed by atoms with Crippen molar-refractivity contribution >= 4 is 44.4 Å². The number of aliphatic carboxylic acids is 1. The Morgan fingerprint density at radius 3 is 2.08 bits per heavy atom. The Balaban J connectivity index is 0.00000195. The molecule has 0 saturated carbocycles. The molecule has 0 aliphatic carbocycles. The van der Waals surface area contributed by atoms with E-state index in [0.717, 1.165) is 38.9 Å². The zero-order valence-electron chi connectivity index (χ0n) is 23.1. The molecule has 4 aromatic rings. The molecule has 0 spiro atoms. The smallest absolute Gasteiger partial charge is 0.345 e. The highest BCUT2D eigenvalue weighted by atomic mass is 79.9. The lowest BCUT2D eigenvalue weighted by Gasteiger charge is -2.22. The van der Waals surface area contributed by atoms with Gasteiger partial charge in [0.25, 0.3) is 0 Å². The molecule has 0 aromatic heterocycles. The van der Waals surface area contributed by atoms with Gasteiger partial charge in [-0.1, -0.05) is 82.3 Å². The van der Waals surface area contributed by atoms with Gasteiger partial charge in [0.05, 0.1) is 0 Å². The molecule has 0 saturated heterocycles. The van der Waals surface area contributed by atoms with Crippen LogP contribution in [-0.4, -0.2) is 22.9 Å². The number of carboxylic acid groups (broad SMARTS) is 1. The van der Waals surface area contributed by atoms with Crippen LogP contribution >= 0.6 is 27.7 Å². The van der Waals surface area contributed by atoms with Crippen LogP contribution in [0.1, 0.15) is 49.9 Å². The van der Waals surface area contributed by atoms with Crippen LogP contribution in [0.4, 0.5) is 0 Å². The van der Waals surface area contributed by atoms with Crippen LogP contribution in [0.25, 0.3) is 21.9 Å². The van der Waals surface area contributed by atoms with Crippen molar-refractivity contribution in [3.05, 3.63) is 93.5 Å². The third-order valence-electron chi connectivity index (χ3n) is 6.40. The third-order valence-corrected chi connectivity index (χ3v) is 8.51. The molecular weight excluding hydrogens is 556 g/mol. The summed E-state index contributed by atoms with van der Waals surface area (Å²) in [5.41, 5.74) is 6.50. The molecule has 1 N–H and O–H groups in total. The minimum absolute atomic E-state index is 0.311. The van der Waals surface area contributed by atoms with E-state index in [9.17, 15) is 9.90 Å². The number of hydrogen-bond donors (Lipinski definition) is 1. The predicted molar refractivity (Wildman–Crippen MR) is 166 cm³/mol. The summed E-state index contributed by atoms with van der Waals surface area (Å²) >= 11 is 5.76. The lowest BCUT2D eigenvalue weighted by atomic mass is 9.90. The first-order chi connectivity index (χ1) is 18.3. The molecule has 0 bridgehead atoms. The highest BCUT2D eigenvalue weighted by Crippen LogP contribution is 2.45. The Morgan fingerprint density at radius 2 is 1.53 bits per heavy atom. The van der Waals surface area contributed by atoms with Crippen molar-refractivity contribution in [2.45, 2.75) is 65.4 Å². The number of ether oxygens (including phenoxy) is 1. The number of carbonyl (C=O) groups is 1. The number of halogens is 1. The second-order valence-corrected chi connectivity index (χ2v) is 11.0. The molecule has 0 radical (unpaired) electrons. The maximum Gasteiger partial charge on any atom is 0.345 e. The molecule has 5 heteroatoms. The maximum atomic E-state index is 12.0. The average Bonchev–Trinajstić information content (AvgIpc) is 2.93. The summed E-state index contributed by atoms with van der Waals surface area (Å²) in [4.78, 5) is 13.3. The van der Waals surface area contributed by atoms with Gasteiger partial charge in [-0.15, -0.1) is 11.8 Å². The van der Waals surface area contributed by atoms with E-state index in [4.69, 9.17) is 4.74 Å². The molecule has 0 unspecified atom stereocenters. The van der Waals surface area contributed by atoms with E-state index in [1.807, 2.05) is 69.8 Å². The fourth-order valence-electron chi connectivity index (χ4n) is 4.82. The molecule has 3 nitrogen and oxygen atoms in total. The van der Waals surface area contributed by atoms with Crippen molar-refractivity contribution in [3.63, 3.8) is 0 Å². The van der Waals surface area contributed by atoms with Gasteiger partial charge in [0.15, 0.2) is 6.10 Å². The van der Waals surface area contributed by atoms with E-state index < -0.39 is 12.1 Å². The summed E-state index contributed by atoms with van der Waals surface area (Å²) in [5, 5.41) is 12.3. The third kappa shape index (κ3) is 6.44. The topological polar surface area (TPSA) is 46.5 Å². The van der Waals surface area contributed by atoms with Crippen molar-refractivity contribution < 1.29 is 14.6 Å². The number of aryl methyl sites for hydroxylation is 2. The summed E-state index contributed by atoms with van der Waals surface area (Å²) in [5.74, 6) is 0.673. The van der Waals surface area contributed by atoms with Crippen molar-refractivity contribution in [1.29, 1.82) is 0 Å². The van der Waals surface area contributed by atoms with Crippen molar-refractivity contribution in [1.82, 2.24) is 0 Å². The van der Waals surface area contributed by atoms with Gasteiger partial charge in [-0.25, -0.2) is 4.79 Å². The van der Waals surface area contributed by atoms with Gasteiger partial charge in [-0.3, -0.25) is 0 Å². The Labute approximate surface area is 239 Å². The standard InChI is InChI=1S/C31H31BrO3S.C2H6/c1-5-23-27(24-14-10-11-15-25(24)28(32)30(23)36-6-2)22-16-19(3)29(20(4)17-22)35-26(31(33)34)18-21-12-8-7-9-13-21;1-2/h7-17,26H,5-6,18H2,1-4H3,(H,33,34);1-2H3/t26-;/m1./s1. The molecule has 38 heavy (non-hydrogen) atoms. The van der Waals surface area contributed by atoms with Crippen LogP contribution in [0, 0.1) is 13.8 Å². The fraction of sp³-hybridized carbons (Fsp3) is 0.303. The molecule has 200 valence electrons. The van der Waals surface area contributed by atoms with Crippen molar-refractivity contribution in [2.24, 2.45) is 0 Å². The number of thioether (sulfide) groups is 1. The molecule has 0 aliphatic rings. The molecule has 0 fully saturated rings. The quantitative estimate of drug-likeness (QED) is 0.196. The van der Waals surface area contributed by atoms with Crippen LogP contribution in [0.3, 0.4) is 0 Å². The minimum Gasteiger partial charge on any atom is -0.478 e. The zero-order valence-corrected chi connectivity index (χ0v) is 25.5. The largest absolute Gasteiger partial charge is 0.478 e. The minimum atomic E-state index is -0.963. The van der Waals surface area contributed by atoms with E-state index >= 15 is 0 Å². The number of rotatable bonds is 9. The van der Waals surface area contributed by atoms with Crippen molar-refractivity contribution in [2.75, 3.05) is 5.75 Å².